The average Bonchev–Trinajstić information content (AvgIpc) is 2.83. The molecule has 0 aromatic rings. The first-order chi connectivity index (χ1) is 7.82. The van der Waals surface area contributed by atoms with Crippen molar-refractivity contribution in [1.82, 2.24) is 10.2 Å². The quantitative estimate of drug-likeness (QED) is 0.690. The summed E-state index contributed by atoms with van der Waals surface area (Å²) < 4.78 is 0. The van der Waals surface area contributed by atoms with Crippen molar-refractivity contribution in [3.8, 4) is 0 Å². The van der Waals surface area contributed by atoms with Gasteiger partial charge in [-0.05, 0) is 44.7 Å². The Bertz CT molecular complexity index is 273. The molecule has 0 aromatic carbocycles. The molecule has 4 rings (SSSR count). The fourth-order valence-electron chi connectivity index (χ4n) is 3.77. The lowest BCUT2D eigenvalue weighted by Gasteiger charge is -2.54. The van der Waals surface area contributed by atoms with Crippen LogP contribution in [0.2, 0.25) is 0 Å². The summed E-state index contributed by atoms with van der Waals surface area (Å²) in [4.78, 5) is 2.59. The van der Waals surface area contributed by atoms with Gasteiger partial charge in [0.2, 0.25) is 0 Å². The molecule has 3 nitrogen and oxygen atoms in total. The summed E-state index contributed by atoms with van der Waals surface area (Å²) in [6, 6.07) is 0.643. The molecule has 16 heavy (non-hydrogen) atoms. The fourth-order valence-corrected chi connectivity index (χ4v) is 3.77. The van der Waals surface area contributed by atoms with Gasteiger partial charge in [0.25, 0.3) is 0 Å². The molecule has 3 heteroatoms. The summed E-state index contributed by atoms with van der Waals surface area (Å²) in [6.45, 7) is 4.54. The zero-order chi connectivity index (χ0) is 11.0. The number of nitrogens with two attached hydrogens (primary N) is 1. The molecule has 0 amide bonds. The molecule has 4 aliphatic rings. The summed E-state index contributed by atoms with van der Waals surface area (Å²) in [6.07, 6.45) is 9.64. The lowest BCUT2D eigenvalue weighted by molar-refractivity contribution is 0.00508. The number of rotatable bonds is 3. The Morgan fingerprint density at radius 1 is 1.25 bits per heavy atom. The highest BCUT2D eigenvalue weighted by Gasteiger charge is 2.46. The van der Waals surface area contributed by atoms with Gasteiger partial charge in [-0.3, -0.25) is 0 Å². The second-order valence-electron chi connectivity index (χ2n) is 5.69. The largest absolute Gasteiger partial charge is 0.329 e. The van der Waals surface area contributed by atoms with Gasteiger partial charge in [-0.1, -0.05) is 12.2 Å². The molecule has 3 N–H and O–H groups in total. The maximum absolute atomic E-state index is 6.09. The van der Waals surface area contributed by atoms with Gasteiger partial charge in [0, 0.05) is 24.7 Å². The van der Waals surface area contributed by atoms with Gasteiger partial charge in [0.1, 0.15) is 0 Å². The predicted molar refractivity (Wildman–Crippen MR) is 66.2 cm³/mol. The highest BCUT2D eigenvalue weighted by molar-refractivity contribution is 5.09. The van der Waals surface area contributed by atoms with Crippen molar-refractivity contribution in [3.05, 3.63) is 12.2 Å². The standard InChI is InChI=1S/C13H23N3/c14-9-13(15-12-3-1-2-4-12)10-16-7-5-11(13)6-8-16/h1-2,11-12,15H,3-10,14H2. The molecule has 0 saturated carbocycles. The summed E-state index contributed by atoms with van der Waals surface area (Å²) in [5.41, 5.74) is 6.31. The van der Waals surface area contributed by atoms with Crippen LogP contribution in [0.15, 0.2) is 12.2 Å². The monoisotopic (exact) mass is 221 g/mol. The maximum atomic E-state index is 6.09. The molecule has 1 aliphatic carbocycles. The molecule has 3 aliphatic heterocycles. The second kappa shape index (κ2) is 4.13. The zero-order valence-electron chi connectivity index (χ0n) is 9.99. The number of nitrogens with zero attached hydrogens (tertiary/aromatic N) is 1. The molecular weight excluding hydrogens is 198 g/mol. The van der Waals surface area contributed by atoms with E-state index in [9.17, 15) is 0 Å². The predicted octanol–water partition coefficient (Wildman–Crippen LogP) is 0.718. The molecule has 90 valence electrons. The normalized spacial score (nSPS) is 43.1. The molecule has 0 radical (unpaired) electrons. The molecule has 1 unspecified atom stereocenters. The minimum atomic E-state index is 0.215. The van der Waals surface area contributed by atoms with Gasteiger partial charge in [-0.15, -0.1) is 0 Å². The van der Waals surface area contributed by atoms with E-state index in [1.807, 2.05) is 0 Å². The summed E-state index contributed by atoms with van der Waals surface area (Å²) in [5.74, 6) is 0.808. The smallest absolute Gasteiger partial charge is 0.0464 e. The van der Waals surface area contributed by atoms with Crippen LogP contribution in [0.25, 0.3) is 0 Å². The number of hydrogen-bond donors (Lipinski definition) is 2. The van der Waals surface area contributed by atoms with Gasteiger partial charge >= 0.3 is 0 Å². The van der Waals surface area contributed by atoms with Crippen molar-refractivity contribution in [3.63, 3.8) is 0 Å². The summed E-state index contributed by atoms with van der Waals surface area (Å²) >= 11 is 0. The lowest BCUT2D eigenvalue weighted by Crippen LogP contribution is -2.70. The Morgan fingerprint density at radius 3 is 2.44 bits per heavy atom. The molecule has 0 spiro atoms. The van der Waals surface area contributed by atoms with Crippen molar-refractivity contribution in [1.29, 1.82) is 0 Å². The van der Waals surface area contributed by atoms with Crippen LogP contribution in [0.1, 0.15) is 25.7 Å². The van der Waals surface area contributed by atoms with Crippen LogP contribution in [-0.4, -0.2) is 42.7 Å². The van der Waals surface area contributed by atoms with Crippen LogP contribution < -0.4 is 11.1 Å². The molecule has 1 atom stereocenters. The van der Waals surface area contributed by atoms with Crippen molar-refractivity contribution in [2.45, 2.75) is 37.3 Å². The van der Waals surface area contributed by atoms with E-state index in [-0.39, 0.29) is 5.54 Å². The SMILES string of the molecule is NCC1(NC2CC=CC2)CN2CCC1CC2. The second-order valence-corrected chi connectivity index (χ2v) is 5.69. The molecule has 2 bridgehead atoms. The Balaban J connectivity index is 1.72. The number of hydrogen-bond acceptors (Lipinski definition) is 3. The van der Waals surface area contributed by atoms with Gasteiger partial charge in [0.05, 0.1) is 0 Å². The average molecular weight is 221 g/mol. The van der Waals surface area contributed by atoms with E-state index in [1.165, 1.54) is 45.3 Å². The number of nitrogens with one attached hydrogen (secondary N) is 1. The van der Waals surface area contributed by atoms with Gasteiger partial charge < -0.3 is 16.0 Å². The molecule has 3 heterocycles. The molecular formula is C13H23N3. The van der Waals surface area contributed by atoms with E-state index < -0.39 is 0 Å². The number of piperidine rings is 3. The van der Waals surface area contributed by atoms with Crippen LogP contribution in [0.3, 0.4) is 0 Å². The fraction of sp³-hybridized carbons (Fsp3) is 0.846. The van der Waals surface area contributed by atoms with E-state index in [4.69, 9.17) is 5.73 Å². The van der Waals surface area contributed by atoms with Crippen LogP contribution >= 0.6 is 0 Å². The van der Waals surface area contributed by atoms with Crippen molar-refractivity contribution >= 4 is 0 Å². The lowest BCUT2D eigenvalue weighted by atomic mass is 9.72. The number of fused-ring (bicyclic) bond motifs is 3. The van der Waals surface area contributed by atoms with E-state index in [0.29, 0.717) is 6.04 Å². The Hall–Kier alpha value is -0.380. The van der Waals surface area contributed by atoms with Crippen LogP contribution in [-0.2, 0) is 0 Å². The molecule has 0 aromatic heterocycles. The van der Waals surface area contributed by atoms with Crippen LogP contribution in [0.4, 0.5) is 0 Å². The van der Waals surface area contributed by atoms with E-state index in [0.717, 1.165) is 12.5 Å². The van der Waals surface area contributed by atoms with E-state index >= 15 is 0 Å². The Morgan fingerprint density at radius 2 is 1.94 bits per heavy atom. The summed E-state index contributed by atoms with van der Waals surface area (Å²) in [7, 11) is 0. The topological polar surface area (TPSA) is 41.3 Å². The first-order valence-electron chi connectivity index (χ1n) is 6.67. The zero-order valence-corrected chi connectivity index (χ0v) is 9.99. The van der Waals surface area contributed by atoms with Crippen molar-refractivity contribution in [2.24, 2.45) is 11.7 Å². The highest BCUT2D eigenvalue weighted by Crippen LogP contribution is 2.36. The molecule has 3 fully saturated rings. The van der Waals surface area contributed by atoms with Crippen molar-refractivity contribution < 1.29 is 0 Å². The van der Waals surface area contributed by atoms with Crippen LogP contribution in [0, 0.1) is 5.92 Å². The van der Waals surface area contributed by atoms with E-state index in [2.05, 4.69) is 22.4 Å². The minimum Gasteiger partial charge on any atom is -0.329 e. The van der Waals surface area contributed by atoms with Crippen molar-refractivity contribution in [2.75, 3.05) is 26.2 Å². The van der Waals surface area contributed by atoms with Crippen LogP contribution in [0.5, 0.6) is 0 Å². The third-order valence-electron chi connectivity index (χ3n) is 4.74. The first-order valence-corrected chi connectivity index (χ1v) is 6.67. The highest BCUT2D eigenvalue weighted by atomic mass is 15.2. The van der Waals surface area contributed by atoms with Gasteiger partial charge in [0.15, 0.2) is 0 Å². The Kier molecular flexibility index (Phi) is 2.78. The van der Waals surface area contributed by atoms with E-state index in [1.54, 1.807) is 0 Å². The summed E-state index contributed by atoms with van der Waals surface area (Å²) in [5, 5.41) is 3.88. The molecule has 3 saturated heterocycles. The Labute approximate surface area is 98.1 Å². The first kappa shape index (κ1) is 10.8. The maximum Gasteiger partial charge on any atom is 0.0464 e. The van der Waals surface area contributed by atoms with Gasteiger partial charge in [-0.25, -0.2) is 0 Å². The van der Waals surface area contributed by atoms with Gasteiger partial charge in [-0.2, -0.15) is 0 Å². The third-order valence-corrected chi connectivity index (χ3v) is 4.74. The minimum absolute atomic E-state index is 0.215. The third kappa shape index (κ3) is 1.71.